The summed E-state index contributed by atoms with van der Waals surface area (Å²) in [5.41, 5.74) is 0.626. The first-order valence-electron chi connectivity index (χ1n) is 6.72. The van der Waals surface area contributed by atoms with Crippen LogP contribution in [0.1, 0.15) is 36.0 Å². The Labute approximate surface area is 127 Å². The molecule has 0 aromatic heterocycles. The molecule has 1 fully saturated rings. The fourth-order valence-electron chi connectivity index (χ4n) is 2.37. The van der Waals surface area contributed by atoms with Crippen molar-refractivity contribution in [1.29, 1.82) is 0 Å². The van der Waals surface area contributed by atoms with Crippen LogP contribution in [-0.2, 0) is 4.74 Å². The maximum absolute atomic E-state index is 12.3. The topological polar surface area (TPSA) is 44.8 Å². The molecule has 1 heterocycles. The second-order valence-corrected chi connectivity index (χ2v) is 5.64. The zero-order valence-corrected chi connectivity index (χ0v) is 13.4. The molecule has 0 radical (unpaired) electrons. The summed E-state index contributed by atoms with van der Waals surface area (Å²) in [4.78, 5) is 12.3. The van der Waals surface area contributed by atoms with E-state index in [-0.39, 0.29) is 11.9 Å². The maximum atomic E-state index is 12.3. The summed E-state index contributed by atoms with van der Waals surface area (Å²) in [7, 11) is 3.13. The number of methoxy groups -OCH3 is 2. The molecule has 1 aromatic rings. The lowest BCUT2D eigenvalue weighted by atomic mass is 10.0. The zero-order chi connectivity index (χ0) is 14.5. The van der Waals surface area contributed by atoms with Crippen LogP contribution in [-0.4, -0.2) is 32.7 Å². The molecule has 5 heteroatoms. The average molecular weight is 343 g/mol. The van der Waals surface area contributed by atoms with Crippen molar-refractivity contribution >= 4 is 21.7 Å². The summed E-state index contributed by atoms with van der Waals surface area (Å²) in [6.07, 6.45) is 3.65. The number of hydrogen-bond donors (Lipinski definition) is 0. The molecule has 0 N–H and O–H groups in total. The van der Waals surface area contributed by atoms with E-state index in [0.717, 1.165) is 30.3 Å². The minimum atomic E-state index is 0.0910. The highest BCUT2D eigenvalue weighted by molar-refractivity contribution is 9.10. The van der Waals surface area contributed by atoms with Crippen LogP contribution in [0.3, 0.4) is 0 Å². The third kappa shape index (κ3) is 3.52. The molecule has 1 aliphatic heterocycles. The van der Waals surface area contributed by atoms with Crippen LogP contribution in [0, 0.1) is 0 Å². The first-order chi connectivity index (χ1) is 9.65. The Morgan fingerprint density at radius 1 is 1.35 bits per heavy atom. The summed E-state index contributed by atoms with van der Waals surface area (Å²) in [6, 6.07) is 3.49. The molecule has 0 saturated carbocycles. The lowest BCUT2D eigenvalue weighted by Crippen LogP contribution is -2.09. The summed E-state index contributed by atoms with van der Waals surface area (Å²) >= 11 is 3.42. The standard InChI is InChI=1S/C15H19BrO4/c1-18-14-8-11(12(16)9-15(14)19-2)13(17)6-5-10-4-3-7-20-10/h8-10H,3-7H2,1-2H3. The van der Waals surface area contributed by atoms with Crippen molar-refractivity contribution < 1.29 is 19.0 Å². The quantitative estimate of drug-likeness (QED) is 0.741. The van der Waals surface area contributed by atoms with Crippen LogP contribution in [0.25, 0.3) is 0 Å². The van der Waals surface area contributed by atoms with Gasteiger partial charge in [-0.1, -0.05) is 0 Å². The second kappa shape index (κ2) is 7.09. The van der Waals surface area contributed by atoms with Crippen molar-refractivity contribution in [3.63, 3.8) is 0 Å². The molecule has 0 spiro atoms. The number of rotatable bonds is 6. The van der Waals surface area contributed by atoms with E-state index in [1.807, 2.05) is 0 Å². The van der Waals surface area contributed by atoms with E-state index in [1.165, 1.54) is 0 Å². The Bertz CT molecular complexity index is 481. The molecule has 2 rings (SSSR count). The van der Waals surface area contributed by atoms with E-state index in [9.17, 15) is 4.79 Å². The third-order valence-electron chi connectivity index (χ3n) is 3.49. The average Bonchev–Trinajstić information content (AvgIpc) is 2.97. The highest BCUT2D eigenvalue weighted by Crippen LogP contribution is 2.34. The number of ether oxygens (including phenoxy) is 3. The SMILES string of the molecule is COc1cc(Br)c(C(=O)CCC2CCCO2)cc1OC. The summed E-state index contributed by atoms with van der Waals surface area (Å²) in [5, 5.41) is 0. The van der Waals surface area contributed by atoms with Crippen molar-refractivity contribution in [2.75, 3.05) is 20.8 Å². The van der Waals surface area contributed by atoms with E-state index >= 15 is 0 Å². The normalized spacial score (nSPS) is 18.1. The van der Waals surface area contributed by atoms with Gasteiger partial charge in [-0.25, -0.2) is 0 Å². The number of carbonyl (C=O) groups excluding carboxylic acids is 1. The smallest absolute Gasteiger partial charge is 0.164 e. The highest BCUT2D eigenvalue weighted by Gasteiger charge is 2.19. The lowest BCUT2D eigenvalue weighted by molar-refractivity contribution is 0.0858. The van der Waals surface area contributed by atoms with Gasteiger partial charge in [0.15, 0.2) is 17.3 Å². The molecule has 4 nitrogen and oxygen atoms in total. The van der Waals surface area contributed by atoms with Gasteiger partial charge in [0, 0.05) is 23.1 Å². The molecule has 0 amide bonds. The van der Waals surface area contributed by atoms with E-state index in [4.69, 9.17) is 14.2 Å². The molecule has 0 bridgehead atoms. The number of hydrogen-bond acceptors (Lipinski definition) is 4. The van der Waals surface area contributed by atoms with Gasteiger partial charge in [0.1, 0.15) is 0 Å². The fraction of sp³-hybridized carbons (Fsp3) is 0.533. The zero-order valence-electron chi connectivity index (χ0n) is 11.8. The van der Waals surface area contributed by atoms with E-state index in [1.54, 1.807) is 26.4 Å². The number of Topliss-reactive ketones (excluding diaryl/α,β-unsaturated/α-hetero) is 1. The highest BCUT2D eigenvalue weighted by atomic mass is 79.9. The molecule has 1 aromatic carbocycles. The van der Waals surface area contributed by atoms with Crippen molar-refractivity contribution in [3.05, 3.63) is 22.2 Å². The van der Waals surface area contributed by atoms with Crippen molar-refractivity contribution in [2.45, 2.75) is 31.8 Å². The largest absolute Gasteiger partial charge is 0.493 e. The molecule has 1 atom stereocenters. The van der Waals surface area contributed by atoms with Gasteiger partial charge < -0.3 is 14.2 Å². The lowest BCUT2D eigenvalue weighted by Gasteiger charge is -2.12. The van der Waals surface area contributed by atoms with Crippen LogP contribution in [0.5, 0.6) is 11.5 Å². The van der Waals surface area contributed by atoms with Gasteiger partial charge in [-0.2, -0.15) is 0 Å². The second-order valence-electron chi connectivity index (χ2n) is 4.78. The molecule has 1 unspecified atom stereocenters. The van der Waals surface area contributed by atoms with E-state index in [0.29, 0.717) is 23.5 Å². The molecule has 110 valence electrons. The third-order valence-corrected chi connectivity index (χ3v) is 4.15. The van der Waals surface area contributed by atoms with Crippen LogP contribution < -0.4 is 9.47 Å². The van der Waals surface area contributed by atoms with Gasteiger partial charge in [-0.3, -0.25) is 4.79 Å². The molecule has 1 aliphatic rings. The Kier molecular flexibility index (Phi) is 5.43. The Balaban J connectivity index is 2.08. The predicted octanol–water partition coefficient (Wildman–Crippen LogP) is 3.61. The van der Waals surface area contributed by atoms with Gasteiger partial charge >= 0.3 is 0 Å². The first-order valence-corrected chi connectivity index (χ1v) is 7.51. The van der Waals surface area contributed by atoms with Gasteiger partial charge in [-0.15, -0.1) is 0 Å². The van der Waals surface area contributed by atoms with Crippen LogP contribution in [0.15, 0.2) is 16.6 Å². The van der Waals surface area contributed by atoms with E-state index < -0.39 is 0 Å². The van der Waals surface area contributed by atoms with Crippen LogP contribution in [0.2, 0.25) is 0 Å². The number of benzene rings is 1. The monoisotopic (exact) mass is 342 g/mol. The molecule has 20 heavy (non-hydrogen) atoms. The van der Waals surface area contributed by atoms with Crippen LogP contribution >= 0.6 is 15.9 Å². The number of halogens is 1. The molecule has 0 aliphatic carbocycles. The molecular formula is C15H19BrO4. The summed E-state index contributed by atoms with van der Waals surface area (Å²) in [6.45, 7) is 0.818. The van der Waals surface area contributed by atoms with Gasteiger partial charge in [0.2, 0.25) is 0 Å². The first kappa shape index (κ1) is 15.3. The number of carbonyl (C=O) groups is 1. The van der Waals surface area contributed by atoms with Gasteiger partial charge in [0.25, 0.3) is 0 Å². The summed E-state index contributed by atoms with van der Waals surface area (Å²) < 4.78 is 16.7. The van der Waals surface area contributed by atoms with Gasteiger partial charge in [0.05, 0.1) is 20.3 Å². The number of ketones is 1. The minimum absolute atomic E-state index is 0.0910. The van der Waals surface area contributed by atoms with Crippen molar-refractivity contribution in [2.24, 2.45) is 0 Å². The minimum Gasteiger partial charge on any atom is -0.493 e. The molecular weight excluding hydrogens is 324 g/mol. The summed E-state index contributed by atoms with van der Waals surface area (Å²) in [5.74, 6) is 1.26. The van der Waals surface area contributed by atoms with Crippen LogP contribution in [0.4, 0.5) is 0 Å². The van der Waals surface area contributed by atoms with Crippen molar-refractivity contribution in [3.8, 4) is 11.5 Å². The fourth-order valence-corrected chi connectivity index (χ4v) is 2.91. The van der Waals surface area contributed by atoms with Gasteiger partial charge in [-0.05, 0) is 47.3 Å². The van der Waals surface area contributed by atoms with Crippen molar-refractivity contribution in [1.82, 2.24) is 0 Å². The Hall–Kier alpha value is -1.07. The molecule has 1 saturated heterocycles. The van der Waals surface area contributed by atoms with E-state index in [2.05, 4.69) is 15.9 Å². The predicted molar refractivity (Wildman–Crippen MR) is 79.8 cm³/mol. The maximum Gasteiger partial charge on any atom is 0.164 e. The Morgan fingerprint density at radius 3 is 2.65 bits per heavy atom. The Morgan fingerprint density at radius 2 is 2.05 bits per heavy atom.